The summed E-state index contributed by atoms with van der Waals surface area (Å²) in [5.41, 5.74) is 0.313. The third-order valence-electron chi connectivity index (χ3n) is 2.70. The molecule has 0 spiro atoms. The maximum Gasteiger partial charge on any atom is 0.150 e. The molecule has 0 aromatic heterocycles. The summed E-state index contributed by atoms with van der Waals surface area (Å²) in [7, 11) is 0. The third-order valence-corrected chi connectivity index (χ3v) is 3.31. The Kier molecular flexibility index (Phi) is 4.00. The number of nitriles is 1. The van der Waals surface area contributed by atoms with Crippen molar-refractivity contribution in [1.82, 2.24) is 0 Å². The van der Waals surface area contributed by atoms with E-state index < -0.39 is 23.1 Å². The van der Waals surface area contributed by atoms with Gasteiger partial charge >= 0.3 is 0 Å². The molecule has 20 heavy (non-hydrogen) atoms. The monoisotopic (exact) mass is 340 g/mol. The fourth-order valence-electron chi connectivity index (χ4n) is 1.67. The van der Waals surface area contributed by atoms with Crippen LogP contribution in [0.3, 0.4) is 0 Å². The fourth-order valence-corrected chi connectivity index (χ4v) is 2.13. The van der Waals surface area contributed by atoms with E-state index in [1.807, 2.05) is 0 Å². The van der Waals surface area contributed by atoms with Crippen LogP contribution in [0.5, 0.6) is 0 Å². The van der Waals surface area contributed by atoms with Gasteiger partial charge in [-0.25, -0.2) is 13.2 Å². The summed E-state index contributed by atoms with van der Waals surface area (Å²) in [6, 6.07) is 6.11. The molecule has 1 N–H and O–H groups in total. The Bertz CT molecular complexity index is 700. The average molecular weight is 341 g/mol. The molecule has 0 saturated heterocycles. The summed E-state index contributed by atoms with van der Waals surface area (Å²) in [6.45, 7) is 1.67. The van der Waals surface area contributed by atoms with Gasteiger partial charge in [0.05, 0.1) is 16.1 Å². The third kappa shape index (κ3) is 2.78. The number of rotatable bonds is 2. The number of hydrogen-bond acceptors (Lipinski definition) is 2. The van der Waals surface area contributed by atoms with E-state index in [4.69, 9.17) is 5.26 Å². The van der Waals surface area contributed by atoms with E-state index in [-0.39, 0.29) is 15.7 Å². The van der Waals surface area contributed by atoms with Gasteiger partial charge in [-0.05, 0) is 52.7 Å². The summed E-state index contributed by atoms with van der Waals surface area (Å²) in [4.78, 5) is 0. The van der Waals surface area contributed by atoms with E-state index in [2.05, 4.69) is 21.2 Å². The highest BCUT2D eigenvalue weighted by Crippen LogP contribution is 2.29. The zero-order valence-corrected chi connectivity index (χ0v) is 11.9. The van der Waals surface area contributed by atoms with Crippen LogP contribution in [0.15, 0.2) is 28.7 Å². The fraction of sp³-hybridized carbons (Fsp3) is 0.0714. The van der Waals surface area contributed by atoms with Crippen LogP contribution in [0, 0.1) is 35.7 Å². The molecule has 2 aromatic rings. The van der Waals surface area contributed by atoms with Crippen molar-refractivity contribution in [2.24, 2.45) is 0 Å². The Morgan fingerprint density at radius 2 is 1.65 bits per heavy atom. The first kappa shape index (κ1) is 14.4. The van der Waals surface area contributed by atoms with Gasteiger partial charge in [-0.1, -0.05) is 0 Å². The molecule has 6 heteroatoms. The second kappa shape index (κ2) is 5.55. The molecule has 0 unspecified atom stereocenters. The zero-order chi connectivity index (χ0) is 14.9. The van der Waals surface area contributed by atoms with Crippen LogP contribution in [0.1, 0.15) is 11.1 Å². The Morgan fingerprint density at radius 3 is 2.20 bits per heavy atom. The largest absolute Gasteiger partial charge is 0.350 e. The molecule has 0 radical (unpaired) electrons. The van der Waals surface area contributed by atoms with Crippen LogP contribution in [0.2, 0.25) is 0 Å². The maximum atomic E-state index is 13.7. The van der Waals surface area contributed by atoms with Crippen LogP contribution >= 0.6 is 15.9 Å². The molecule has 0 atom stereocenters. The van der Waals surface area contributed by atoms with Crippen molar-refractivity contribution in [1.29, 1.82) is 5.26 Å². The Morgan fingerprint density at radius 1 is 1.05 bits per heavy atom. The van der Waals surface area contributed by atoms with E-state index in [1.165, 1.54) is 6.07 Å². The smallest absolute Gasteiger partial charge is 0.150 e. The first-order valence-corrected chi connectivity index (χ1v) is 6.33. The first-order valence-electron chi connectivity index (χ1n) is 5.54. The molecule has 0 aliphatic rings. The van der Waals surface area contributed by atoms with Gasteiger partial charge in [0.25, 0.3) is 0 Å². The minimum absolute atomic E-state index is 0.121. The molecule has 0 fully saturated rings. The van der Waals surface area contributed by atoms with Crippen LogP contribution < -0.4 is 5.32 Å². The summed E-state index contributed by atoms with van der Waals surface area (Å²) < 4.78 is 41.2. The standard InChI is InChI=1S/C14H8BrF3N2/c1-7-2-9(15)10(16)5-13(7)20-14-11(17)3-8(6-19)4-12(14)18/h2-5,20H,1H3. The summed E-state index contributed by atoms with van der Waals surface area (Å²) in [5, 5.41) is 11.1. The van der Waals surface area contributed by atoms with E-state index >= 15 is 0 Å². The maximum absolute atomic E-state index is 13.7. The number of benzene rings is 2. The quantitative estimate of drug-likeness (QED) is 0.853. The van der Waals surface area contributed by atoms with Crippen LogP contribution in [0.25, 0.3) is 0 Å². The number of anilines is 2. The molecule has 2 nitrogen and oxygen atoms in total. The lowest BCUT2D eigenvalue weighted by Crippen LogP contribution is -2.01. The van der Waals surface area contributed by atoms with E-state index in [1.54, 1.807) is 13.0 Å². The number of nitrogens with zero attached hydrogens (tertiary/aromatic N) is 1. The minimum Gasteiger partial charge on any atom is -0.350 e. The average Bonchev–Trinajstić information content (AvgIpc) is 2.39. The Labute approximate surface area is 122 Å². The Hall–Kier alpha value is -2.00. The van der Waals surface area contributed by atoms with Crippen molar-refractivity contribution < 1.29 is 13.2 Å². The van der Waals surface area contributed by atoms with Crippen LogP contribution in [-0.4, -0.2) is 0 Å². The predicted octanol–water partition coefficient (Wildman–Crippen LogP) is 4.79. The van der Waals surface area contributed by atoms with Gasteiger partial charge in [-0.15, -0.1) is 0 Å². The molecule has 0 saturated carbocycles. The molecule has 0 aliphatic heterocycles. The molecule has 0 amide bonds. The zero-order valence-electron chi connectivity index (χ0n) is 10.3. The number of halogens is 4. The van der Waals surface area contributed by atoms with Crippen molar-refractivity contribution >= 4 is 27.3 Å². The molecular formula is C14H8BrF3N2. The number of hydrogen-bond donors (Lipinski definition) is 1. The highest BCUT2D eigenvalue weighted by molar-refractivity contribution is 9.10. The summed E-state index contributed by atoms with van der Waals surface area (Å²) in [5.74, 6) is -2.37. The van der Waals surface area contributed by atoms with Gasteiger partial charge < -0.3 is 5.32 Å². The minimum atomic E-state index is -0.913. The van der Waals surface area contributed by atoms with E-state index in [0.717, 1.165) is 18.2 Å². The number of aryl methyl sites for hydroxylation is 1. The molecule has 2 aromatic carbocycles. The molecule has 102 valence electrons. The van der Waals surface area contributed by atoms with Gasteiger partial charge in [-0.2, -0.15) is 5.26 Å². The van der Waals surface area contributed by atoms with Gasteiger partial charge in [0, 0.05) is 5.69 Å². The highest BCUT2D eigenvalue weighted by Gasteiger charge is 2.13. The molecule has 0 bridgehead atoms. The molecule has 2 rings (SSSR count). The second-order valence-corrected chi connectivity index (χ2v) is 4.99. The van der Waals surface area contributed by atoms with Crippen LogP contribution in [-0.2, 0) is 0 Å². The lowest BCUT2D eigenvalue weighted by atomic mass is 10.1. The lowest BCUT2D eigenvalue weighted by Gasteiger charge is -2.12. The van der Waals surface area contributed by atoms with Crippen molar-refractivity contribution in [2.75, 3.05) is 5.32 Å². The van der Waals surface area contributed by atoms with Crippen molar-refractivity contribution in [3.8, 4) is 6.07 Å². The summed E-state index contributed by atoms with van der Waals surface area (Å²) >= 11 is 3.03. The topological polar surface area (TPSA) is 35.8 Å². The van der Waals surface area contributed by atoms with Gasteiger partial charge in [0.15, 0.2) is 11.6 Å². The Balaban J connectivity index is 2.46. The van der Waals surface area contributed by atoms with Gasteiger partial charge in [-0.3, -0.25) is 0 Å². The van der Waals surface area contributed by atoms with Crippen LogP contribution in [0.4, 0.5) is 24.5 Å². The molecule has 0 aliphatic carbocycles. The normalized spacial score (nSPS) is 10.2. The van der Waals surface area contributed by atoms with Crippen molar-refractivity contribution in [3.63, 3.8) is 0 Å². The van der Waals surface area contributed by atoms with Gasteiger partial charge in [0.2, 0.25) is 0 Å². The van der Waals surface area contributed by atoms with Gasteiger partial charge in [0.1, 0.15) is 11.5 Å². The lowest BCUT2D eigenvalue weighted by molar-refractivity contribution is 0.589. The summed E-state index contributed by atoms with van der Waals surface area (Å²) in [6.07, 6.45) is 0. The second-order valence-electron chi connectivity index (χ2n) is 4.13. The SMILES string of the molecule is Cc1cc(Br)c(F)cc1Nc1c(F)cc(C#N)cc1F. The highest BCUT2D eigenvalue weighted by atomic mass is 79.9. The number of nitrogens with one attached hydrogen (secondary N) is 1. The van der Waals surface area contributed by atoms with Crippen molar-refractivity contribution in [2.45, 2.75) is 6.92 Å². The predicted molar refractivity (Wildman–Crippen MR) is 73.2 cm³/mol. The first-order chi connectivity index (χ1) is 9.42. The molecule has 0 heterocycles. The van der Waals surface area contributed by atoms with E-state index in [9.17, 15) is 13.2 Å². The molecular weight excluding hydrogens is 333 g/mol. The van der Waals surface area contributed by atoms with E-state index in [0.29, 0.717) is 5.56 Å². The van der Waals surface area contributed by atoms with Crippen molar-refractivity contribution in [3.05, 3.63) is 57.3 Å².